The van der Waals surface area contributed by atoms with E-state index in [-0.39, 0.29) is 0 Å². The second-order valence-corrected chi connectivity index (χ2v) is 5.84. The van der Waals surface area contributed by atoms with Gasteiger partial charge in [-0.05, 0) is 42.7 Å². The highest BCUT2D eigenvalue weighted by Gasteiger charge is 2.14. The minimum Gasteiger partial charge on any atom is -0.347 e. The zero-order valence-electron chi connectivity index (χ0n) is 9.67. The van der Waals surface area contributed by atoms with Crippen LogP contribution in [0, 0.1) is 6.92 Å². The summed E-state index contributed by atoms with van der Waals surface area (Å²) in [4.78, 5) is 2.20. The van der Waals surface area contributed by atoms with E-state index in [0.717, 1.165) is 16.6 Å². The molecule has 0 unspecified atom stereocenters. The van der Waals surface area contributed by atoms with Crippen LogP contribution in [0.3, 0.4) is 0 Å². The van der Waals surface area contributed by atoms with Crippen LogP contribution < -0.4 is 4.90 Å². The van der Waals surface area contributed by atoms with E-state index < -0.39 is 0 Å². The molecule has 0 fully saturated rings. The summed E-state index contributed by atoms with van der Waals surface area (Å²) in [6, 6.07) is 2.63. The zero-order valence-corrected chi connectivity index (χ0v) is 11.3. The highest BCUT2D eigenvalue weighted by molar-refractivity contribution is 7.15. The Bertz CT molecular complexity index is 436. The third-order valence-electron chi connectivity index (χ3n) is 2.59. The van der Waals surface area contributed by atoms with Crippen LogP contribution in [0.2, 0.25) is 0 Å². The minimum absolute atomic E-state index is 0.446. The Kier molecular flexibility index (Phi) is 3.56. The zero-order chi connectivity index (χ0) is 11.5. The summed E-state index contributed by atoms with van der Waals surface area (Å²) < 4.78 is 0. The second kappa shape index (κ2) is 4.93. The van der Waals surface area contributed by atoms with Gasteiger partial charge in [0, 0.05) is 13.1 Å². The molecule has 0 bridgehead atoms. The van der Waals surface area contributed by atoms with Crippen molar-refractivity contribution in [3.8, 4) is 0 Å². The van der Waals surface area contributed by atoms with E-state index in [1.807, 2.05) is 6.92 Å². The predicted molar refractivity (Wildman–Crippen MR) is 70.5 cm³/mol. The summed E-state index contributed by atoms with van der Waals surface area (Å²) in [5.41, 5.74) is 1.39. The Balaban J connectivity index is 2.02. The number of hydrogen-bond donors (Lipinski definition) is 0. The molecule has 16 heavy (non-hydrogen) atoms. The van der Waals surface area contributed by atoms with Crippen molar-refractivity contribution >= 4 is 27.8 Å². The van der Waals surface area contributed by atoms with Gasteiger partial charge in [-0.3, -0.25) is 0 Å². The van der Waals surface area contributed by atoms with E-state index >= 15 is 0 Å². The normalized spacial score (nSPS) is 12.7. The van der Waals surface area contributed by atoms with Crippen molar-refractivity contribution in [1.29, 1.82) is 0 Å². The number of nitrogens with zero attached hydrogens (tertiary/aromatic N) is 3. The van der Waals surface area contributed by atoms with Crippen LogP contribution in [0.5, 0.6) is 0 Å². The van der Waals surface area contributed by atoms with E-state index in [0.29, 0.717) is 6.04 Å². The van der Waals surface area contributed by atoms with Crippen molar-refractivity contribution in [2.75, 3.05) is 11.9 Å². The van der Waals surface area contributed by atoms with Crippen molar-refractivity contribution in [3.63, 3.8) is 0 Å². The molecule has 0 spiro atoms. The van der Waals surface area contributed by atoms with Crippen molar-refractivity contribution in [3.05, 3.63) is 27.4 Å². The molecule has 86 valence electrons. The van der Waals surface area contributed by atoms with Crippen LogP contribution in [-0.2, 0) is 6.42 Å². The smallest absolute Gasteiger partial charge is 0.208 e. The SMILES string of the molecule is Cc1nnc(N(C)[C@@H](C)Cc2ccsc2)s1. The number of likely N-dealkylation sites (N-methyl/N-ethyl adjacent to an activating group) is 1. The van der Waals surface area contributed by atoms with Crippen LogP contribution in [0.15, 0.2) is 16.8 Å². The fraction of sp³-hybridized carbons (Fsp3) is 0.455. The first-order valence-electron chi connectivity index (χ1n) is 5.21. The molecule has 0 aromatic carbocycles. The molecule has 2 aromatic rings. The molecule has 1 atom stereocenters. The Morgan fingerprint density at radius 3 is 2.81 bits per heavy atom. The van der Waals surface area contributed by atoms with Crippen molar-refractivity contribution in [1.82, 2.24) is 10.2 Å². The monoisotopic (exact) mass is 253 g/mol. The summed E-state index contributed by atoms with van der Waals surface area (Å²) in [6.07, 6.45) is 1.05. The molecule has 0 N–H and O–H groups in total. The van der Waals surface area contributed by atoms with Crippen LogP contribution >= 0.6 is 22.7 Å². The number of anilines is 1. The topological polar surface area (TPSA) is 29.0 Å². The maximum absolute atomic E-state index is 4.16. The number of thiophene rings is 1. The molecule has 2 aromatic heterocycles. The number of rotatable bonds is 4. The van der Waals surface area contributed by atoms with Gasteiger partial charge in [0.2, 0.25) is 5.13 Å². The molecule has 5 heteroatoms. The number of aromatic nitrogens is 2. The van der Waals surface area contributed by atoms with E-state index in [4.69, 9.17) is 0 Å². The molecule has 0 amide bonds. The van der Waals surface area contributed by atoms with E-state index in [1.165, 1.54) is 5.56 Å². The highest BCUT2D eigenvalue weighted by Crippen LogP contribution is 2.21. The van der Waals surface area contributed by atoms with Gasteiger partial charge in [0.1, 0.15) is 5.01 Å². The number of aryl methyl sites for hydroxylation is 1. The third kappa shape index (κ3) is 2.59. The van der Waals surface area contributed by atoms with Gasteiger partial charge in [0.25, 0.3) is 0 Å². The molecule has 0 radical (unpaired) electrons. The molecule has 0 aliphatic heterocycles. The van der Waals surface area contributed by atoms with Crippen molar-refractivity contribution in [2.24, 2.45) is 0 Å². The lowest BCUT2D eigenvalue weighted by Crippen LogP contribution is -2.30. The maximum atomic E-state index is 4.16. The van der Waals surface area contributed by atoms with Gasteiger partial charge in [0.15, 0.2) is 0 Å². The van der Waals surface area contributed by atoms with Gasteiger partial charge in [-0.15, -0.1) is 10.2 Å². The molecular formula is C11H15N3S2. The number of hydrogen-bond acceptors (Lipinski definition) is 5. The first-order chi connectivity index (χ1) is 7.66. The summed E-state index contributed by atoms with van der Waals surface area (Å²) in [7, 11) is 2.08. The fourth-order valence-corrected chi connectivity index (χ4v) is 2.94. The van der Waals surface area contributed by atoms with E-state index in [9.17, 15) is 0 Å². The van der Waals surface area contributed by atoms with Crippen LogP contribution in [-0.4, -0.2) is 23.3 Å². The highest BCUT2D eigenvalue weighted by atomic mass is 32.1. The predicted octanol–water partition coefficient (Wildman–Crippen LogP) is 2.98. The van der Waals surface area contributed by atoms with Crippen molar-refractivity contribution in [2.45, 2.75) is 26.3 Å². The molecule has 0 saturated heterocycles. The average molecular weight is 253 g/mol. The van der Waals surface area contributed by atoms with Crippen LogP contribution in [0.4, 0.5) is 5.13 Å². The Morgan fingerprint density at radius 2 is 2.25 bits per heavy atom. The fourth-order valence-electron chi connectivity index (χ4n) is 1.50. The largest absolute Gasteiger partial charge is 0.347 e. The van der Waals surface area contributed by atoms with Gasteiger partial charge in [-0.1, -0.05) is 11.3 Å². The molecule has 2 heterocycles. The van der Waals surface area contributed by atoms with Gasteiger partial charge in [-0.2, -0.15) is 11.3 Å². The summed E-state index contributed by atoms with van der Waals surface area (Å²) >= 11 is 3.39. The summed E-state index contributed by atoms with van der Waals surface area (Å²) in [5, 5.41) is 14.6. The summed E-state index contributed by atoms with van der Waals surface area (Å²) in [6.45, 7) is 4.20. The molecule has 0 aliphatic rings. The Labute approximate surface area is 104 Å². The molecular weight excluding hydrogens is 238 g/mol. The van der Waals surface area contributed by atoms with Crippen molar-refractivity contribution < 1.29 is 0 Å². The lowest BCUT2D eigenvalue weighted by atomic mass is 10.1. The average Bonchev–Trinajstić information content (AvgIpc) is 2.88. The van der Waals surface area contributed by atoms with Gasteiger partial charge < -0.3 is 4.90 Å². The van der Waals surface area contributed by atoms with Crippen LogP contribution in [0.1, 0.15) is 17.5 Å². The minimum atomic E-state index is 0.446. The quantitative estimate of drug-likeness (QED) is 0.839. The van der Waals surface area contributed by atoms with Gasteiger partial charge in [-0.25, -0.2) is 0 Å². The first kappa shape index (κ1) is 11.5. The van der Waals surface area contributed by atoms with Gasteiger partial charge >= 0.3 is 0 Å². The van der Waals surface area contributed by atoms with Crippen LogP contribution in [0.25, 0.3) is 0 Å². The van der Waals surface area contributed by atoms with Gasteiger partial charge in [0.05, 0.1) is 0 Å². The summed E-state index contributed by atoms with van der Waals surface area (Å²) in [5.74, 6) is 0. The molecule has 0 saturated carbocycles. The lowest BCUT2D eigenvalue weighted by Gasteiger charge is -2.23. The van der Waals surface area contributed by atoms with E-state index in [2.05, 4.69) is 45.9 Å². The Hall–Kier alpha value is -0.940. The molecule has 3 nitrogen and oxygen atoms in total. The third-order valence-corrected chi connectivity index (χ3v) is 4.25. The molecule has 2 rings (SSSR count). The standard InChI is InChI=1S/C11H15N3S2/c1-8(6-10-4-5-15-7-10)14(3)11-13-12-9(2)16-11/h4-5,7-8H,6H2,1-3H3/t8-/m0/s1. The lowest BCUT2D eigenvalue weighted by molar-refractivity contribution is 0.678. The maximum Gasteiger partial charge on any atom is 0.208 e. The first-order valence-corrected chi connectivity index (χ1v) is 6.97. The molecule has 0 aliphatic carbocycles. The second-order valence-electron chi connectivity index (χ2n) is 3.90. The van der Waals surface area contributed by atoms with E-state index in [1.54, 1.807) is 22.7 Å². The Morgan fingerprint density at radius 1 is 1.44 bits per heavy atom.